The Morgan fingerprint density at radius 1 is 1.53 bits per heavy atom. The molecule has 1 aromatic rings. The highest BCUT2D eigenvalue weighted by Crippen LogP contribution is 2.07. The van der Waals surface area contributed by atoms with Crippen LogP contribution in [0.2, 0.25) is 0 Å². The number of hydrogen-bond donors (Lipinski definition) is 2. The summed E-state index contributed by atoms with van der Waals surface area (Å²) in [6.45, 7) is 5.88. The maximum Gasteiger partial charge on any atom is 0.0671 e. The summed E-state index contributed by atoms with van der Waals surface area (Å²) in [4.78, 5) is 3.16. The molecule has 0 spiro atoms. The minimum absolute atomic E-state index is 0.119. The number of nitrogens with zero attached hydrogens (tertiary/aromatic N) is 1. The van der Waals surface area contributed by atoms with Crippen LogP contribution < -0.4 is 5.32 Å². The maximum absolute atomic E-state index is 8.88. The van der Waals surface area contributed by atoms with Crippen molar-refractivity contribution in [2.45, 2.75) is 20.3 Å². The molecular weight excluding hydrogens is 186 g/mol. The number of aromatic nitrogens is 1. The molecule has 0 aromatic carbocycles. The van der Waals surface area contributed by atoms with Gasteiger partial charge in [0.15, 0.2) is 0 Å². The van der Waals surface area contributed by atoms with Crippen LogP contribution in [0.5, 0.6) is 0 Å². The Labute approximate surface area is 91.5 Å². The lowest BCUT2D eigenvalue weighted by Crippen LogP contribution is -2.27. The van der Waals surface area contributed by atoms with Crippen LogP contribution in [0, 0.1) is 23.2 Å². The van der Waals surface area contributed by atoms with Crippen molar-refractivity contribution in [1.29, 1.82) is 5.26 Å². The van der Waals surface area contributed by atoms with Crippen molar-refractivity contribution in [3.8, 4) is 6.07 Å². The van der Waals surface area contributed by atoms with Gasteiger partial charge in [-0.15, -0.1) is 0 Å². The monoisotopic (exact) mass is 205 g/mol. The zero-order valence-electron chi connectivity index (χ0n) is 9.46. The number of nitriles is 1. The Hall–Kier alpha value is -1.27. The minimum Gasteiger partial charge on any atom is -0.365 e. The van der Waals surface area contributed by atoms with Gasteiger partial charge >= 0.3 is 0 Å². The molecule has 0 amide bonds. The molecule has 15 heavy (non-hydrogen) atoms. The molecule has 1 unspecified atom stereocenters. The summed E-state index contributed by atoms with van der Waals surface area (Å²) in [7, 11) is 0. The topological polar surface area (TPSA) is 51.6 Å². The van der Waals surface area contributed by atoms with Crippen LogP contribution >= 0.6 is 0 Å². The second-order valence-electron chi connectivity index (χ2n) is 4.13. The van der Waals surface area contributed by atoms with Crippen molar-refractivity contribution in [3.63, 3.8) is 0 Å². The van der Waals surface area contributed by atoms with E-state index in [-0.39, 0.29) is 5.92 Å². The van der Waals surface area contributed by atoms with Gasteiger partial charge in [0.2, 0.25) is 0 Å². The van der Waals surface area contributed by atoms with Gasteiger partial charge in [0.25, 0.3) is 0 Å². The summed E-state index contributed by atoms with van der Waals surface area (Å²) in [5, 5.41) is 12.2. The molecule has 1 aromatic heterocycles. The van der Waals surface area contributed by atoms with E-state index < -0.39 is 0 Å². The molecule has 0 saturated heterocycles. The summed E-state index contributed by atoms with van der Waals surface area (Å²) >= 11 is 0. The lowest BCUT2D eigenvalue weighted by atomic mass is 9.98. The van der Waals surface area contributed by atoms with Gasteiger partial charge in [-0.3, -0.25) is 0 Å². The lowest BCUT2D eigenvalue weighted by Gasteiger charge is -2.13. The molecule has 0 aliphatic heterocycles. The Kier molecular flexibility index (Phi) is 4.92. The number of rotatable bonds is 6. The third-order valence-electron chi connectivity index (χ3n) is 2.57. The molecule has 3 nitrogen and oxygen atoms in total. The fourth-order valence-corrected chi connectivity index (χ4v) is 1.43. The fraction of sp³-hybridized carbons (Fsp3) is 0.583. The zero-order chi connectivity index (χ0) is 11.1. The largest absolute Gasteiger partial charge is 0.365 e. The van der Waals surface area contributed by atoms with Crippen molar-refractivity contribution >= 4 is 0 Å². The van der Waals surface area contributed by atoms with Gasteiger partial charge in [-0.25, -0.2) is 0 Å². The molecule has 3 heteroatoms. The van der Waals surface area contributed by atoms with Gasteiger partial charge in [-0.2, -0.15) is 5.26 Å². The molecule has 1 atom stereocenters. The standard InChI is InChI=1S/C12H19N3/c1-10(2)11(8-13)9-14-7-5-12-4-3-6-15-12/h3-4,6,10-11,14-15H,5,7,9H2,1-2H3. The van der Waals surface area contributed by atoms with Gasteiger partial charge in [-0.1, -0.05) is 13.8 Å². The van der Waals surface area contributed by atoms with Crippen LogP contribution in [0.25, 0.3) is 0 Å². The molecule has 2 N–H and O–H groups in total. The second-order valence-corrected chi connectivity index (χ2v) is 4.13. The first-order valence-corrected chi connectivity index (χ1v) is 5.46. The predicted octanol–water partition coefficient (Wildman–Crippen LogP) is 1.94. The molecule has 0 aliphatic rings. The Morgan fingerprint density at radius 2 is 2.33 bits per heavy atom. The Bertz CT molecular complexity index is 295. The SMILES string of the molecule is CC(C)C(C#N)CNCCc1ccc[nH]1. The average Bonchev–Trinajstić information content (AvgIpc) is 2.70. The highest BCUT2D eigenvalue weighted by atomic mass is 14.9. The molecule has 0 aliphatic carbocycles. The van der Waals surface area contributed by atoms with E-state index in [1.807, 2.05) is 12.3 Å². The van der Waals surface area contributed by atoms with Gasteiger partial charge in [0.1, 0.15) is 0 Å². The molecule has 1 rings (SSSR count). The van der Waals surface area contributed by atoms with E-state index >= 15 is 0 Å². The van der Waals surface area contributed by atoms with Crippen molar-refractivity contribution in [3.05, 3.63) is 24.0 Å². The van der Waals surface area contributed by atoms with Crippen LogP contribution in [-0.2, 0) is 6.42 Å². The van der Waals surface area contributed by atoms with E-state index in [0.29, 0.717) is 5.92 Å². The normalized spacial score (nSPS) is 12.7. The summed E-state index contributed by atoms with van der Waals surface area (Å²) in [5.41, 5.74) is 1.24. The first kappa shape index (κ1) is 11.8. The molecular formula is C12H19N3. The van der Waals surface area contributed by atoms with Crippen LogP contribution in [0.15, 0.2) is 18.3 Å². The molecule has 0 saturated carbocycles. The van der Waals surface area contributed by atoms with Crippen molar-refractivity contribution < 1.29 is 0 Å². The van der Waals surface area contributed by atoms with E-state index in [1.54, 1.807) is 0 Å². The van der Waals surface area contributed by atoms with Crippen LogP contribution in [0.3, 0.4) is 0 Å². The summed E-state index contributed by atoms with van der Waals surface area (Å²) in [6.07, 6.45) is 2.92. The van der Waals surface area contributed by atoms with Crippen molar-refractivity contribution in [1.82, 2.24) is 10.3 Å². The van der Waals surface area contributed by atoms with Gasteiger partial charge in [-0.05, 0) is 24.5 Å². The Morgan fingerprint density at radius 3 is 2.87 bits per heavy atom. The first-order chi connectivity index (χ1) is 7.24. The highest BCUT2D eigenvalue weighted by Gasteiger charge is 2.10. The smallest absolute Gasteiger partial charge is 0.0671 e. The third kappa shape index (κ3) is 4.18. The van der Waals surface area contributed by atoms with Gasteiger partial charge in [0.05, 0.1) is 12.0 Å². The average molecular weight is 205 g/mol. The summed E-state index contributed by atoms with van der Waals surface area (Å²) in [6, 6.07) is 6.40. The van der Waals surface area contributed by atoms with E-state index in [1.165, 1.54) is 5.69 Å². The molecule has 0 bridgehead atoms. The van der Waals surface area contributed by atoms with Crippen molar-refractivity contribution in [2.75, 3.05) is 13.1 Å². The fourth-order valence-electron chi connectivity index (χ4n) is 1.43. The molecule has 1 heterocycles. The van der Waals surface area contributed by atoms with Crippen LogP contribution in [-0.4, -0.2) is 18.1 Å². The number of nitrogens with one attached hydrogen (secondary N) is 2. The number of aromatic amines is 1. The maximum atomic E-state index is 8.88. The van der Waals surface area contributed by atoms with E-state index in [9.17, 15) is 0 Å². The Balaban J connectivity index is 2.14. The van der Waals surface area contributed by atoms with Crippen LogP contribution in [0.1, 0.15) is 19.5 Å². The minimum atomic E-state index is 0.119. The zero-order valence-corrected chi connectivity index (χ0v) is 9.46. The predicted molar refractivity (Wildman–Crippen MR) is 61.3 cm³/mol. The van der Waals surface area contributed by atoms with Crippen molar-refractivity contribution in [2.24, 2.45) is 11.8 Å². The number of hydrogen-bond acceptors (Lipinski definition) is 2. The number of H-pyrrole nitrogens is 1. The summed E-state index contributed by atoms with van der Waals surface area (Å²) in [5.74, 6) is 0.543. The molecule has 0 radical (unpaired) electrons. The molecule has 82 valence electrons. The summed E-state index contributed by atoms with van der Waals surface area (Å²) < 4.78 is 0. The highest BCUT2D eigenvalue weighted by molar-refractivity contribution is 5.03. The van der Waals surface area contributed by atoms with E-state index in [0.717, 1.165) is 19.5 Å². The van der Waals surface area contributed by atoms with Gasteiger partial charge < -0.3 is 10.3 Å². The quantitative estimate of drug-likeness (QED) is 0.697. The molecule has 0 fully saturated rings. The van der Waals surface area contributed by atoms with Gasteiger partial charge in [0, 0.05) is 25.0 Å². The second kappa shape index (κ2) is 6.26. The van der Waals surface area contributed by atoms with E-state index in [4.69, 9.17) is 5.26 Å². The third-order valence-corrected chi connectivity index (χ3v) is 2.57. The van der Waals surface area contributed by atoms with E-state index in [2.05, 4.69) is 36.3 Å². The first-order valence-electron chi connectivity index (χ1n) is 5.46. The lowest BCUT2D eigenvalue weighted by molar-refractivity contribution is 0.443. The van der Waals surface area contributed by atoms with Crippen LogP contribution in [0.4, 0.5) is 0 Å².